The van der Waals surface area contributed by atoms with Crippen molar-refractivity contribution in [2.45, 2.75) is 24.8 Å². The summed E-state index contributed by atoms with van der Waals surface area (Å²) in [6, 6.07) is 15.4. The Balaban J connectivity index is 0.00000312. The van der Waals surface area contributed by atoms with Gasteiger partial charge in [-0.15, -0.1) is 12.4 Å². The van der Waals surface area contributed by atoms with E-state index in [9.17, 15) is 8.42 Å². The van der Waals surface area contributed by atoms with Crippen LogP contribution in [0.4, 0.5) is 0 Å². The number of hydrogen-bond donors (Lipinski definition) is 2. The number of nitrogens with two attached hydrogens (primary N) is 1. The number of hydrogen-bond acceptors (Lipinski definition) is 4. The van der Waals surface area contributed by atoms with Gasteiger partial charge in [-0.05, 0) is 35.7 Å². The van der Waals surface area contributed by atoms with E-state index in [4.69, 9.17) is 10.5 Å². The van der Waals surface area contributed by atoms with Gasteiger partial charge in [0, 0.05) is 12.6 Å². The second kappa shape index (κ2) is 9.77. The topological polar surface area (TPSA) is 81.4 Å². The van der Waals surface area contributed by atoms with Crippen molar-refractivity contribution in [2.24, 2.45) is 11.7 Å². The standard InChI is InChI=1S/C18H24N2O3S.ClH/c1-14(2)13-23-16-8-10-17(11-9-16)24(21,22)20-12-18(19)15-6-4-3-5-7-15;/h3-11,14,18,20H,12-13,19H2,1-2H3;1H. The first-order chi connectivity index (χ1) is 11.4. The van der Waals surface area contributed by atoms with E-state index < -0.39 is 16.1 Å². The maximum atomic E-state index is 12.3. The third-order valence-corrected chi connectivity index (χ3v) is 4.88. The minimum absolute atomic E-state index is 0. The second-order valence-electron chi connectivity index (χ2n) is 6.05. The smallest absolute Gasteiger partial charge is 0.240 e. The molecule has 1 atom stereocenters. The molecule has 0 aliphatic heterocycles. The molecule has 7 heteroatoms. The van der Waals surface area contributed by atoms with Gasteiger partial charge in [-0.25, -0.2) is 13.1 Å². The summed E-state index contributed by atoms with van der Waals surface area (Å²) in [7, 11) is -3.60. The van der Waals surface area contributed by atoms with Gasteiger partial charge in [0.05, 0.1) is 11.5 Å². The van der Waals surface area contributed by atoms with Crippen molar-refractivity contribution in [3.63, 3.8) is 0 Å². The Hall–Kier alpha value is -1.60. The second-order valence-corrected chi connectivity index (χ2v) is 7.81. The fraction of sp³-hybridized carbons (Fsp3) is 0.333. The molecule has 0 bridgehead atoms. The Morgan fingerprint density at radius 2 is 1.64 bits per heavy atom. The van der Waals surface area contributed by atoms with E-state index in [0.29, 0.717) is 18.3 Å². The SMILES string of the molecule is CC(C)COc1ccc(S(=O)(=O)NCC(N)c2ccccc2)cc1.Cl. The molecule has 138 valence electrons. The average molecular weight is 385 g/mol. The molecule has 0 aliphatic rings. The number of sulfonamides is 1. The molecule has 0 aliphatic carbocycles. The molecule has 0 fully saturated rings. The largest absolute Gasteiger partial charge is 0.493 e. The zero-order chi connectivity index (χ0) is 17.6. The van der Waals surface area contributed by atoms with E-state index in [1.165, 1.54) is 12.1 Å². The van der Waals surface area contributed by atoms with Gasteiger partial charge < -0.3 is 10.5 Å². The summed E-state index contributed by atoms with van der Waals surface area (Å²) in [6.45, 7) is 4.84. The zero-order valence-electron chi connectivity index (χ0n) is 14.4. The fourth-order valence-electron chi connectivity index (χ4n) is 2.08. The Morgan fingerprint density at radius 1 is 1.04 bits per heavy atom. The maximum Gasteiger partial charge on any atom is 0.240 e. The summed E-state index contributed by atoms with van der Waals surface area (Å²) in [4.78, 5) is 0.194. The lowest BCUT2D eigenvalue weighted by molar-refractivity contribution is 0.271. The summed E-state index contributed by atoms with van der Waals surface area (Å²) in [5.74, 6) is 1.07. The van der Waals surface area contributed by atoms with E-state index in [1.54, 1.807) is 12.1 Å². The normalized spacial score (nSPS) is 12.5. The van der Waals surface area contributed by atoms with Crippen LogP contribution in [-0.2, 0) is 10.0 Å². The van der Waals surface area contributed by atoms with Crippen molar-refractivity contribution >= 4 is 22.4 Å². The highest BCUT2D eigenvalue weighted by molar-refractivity contribution is 7.89. The molecule has 2 aromatic carbocycles. The van der Waals surface area contributed by atoms with Crippen molar-refractivity contribution in [3.8, 4) is 5.75 Å². The van der Waals surface area contributed by atoms with Crippen molar-refractivity contribution in [2.75, 3.05) is 13.2 Å². The minimum atomic E-state index is -3.60. The summed E-state index contributed by atoms with van der Waals surface area (Å²) in [5.41, 5.74) is 6.91. The van der Waals surface area contributed by atoms with Gasteiger partial charge in [0.1, 0.15) is 5.75 Å². The summed E-state index contributed by atoms with van der Waals surface area (Å²) in [6.07, 6.45) is 0. The van der Waals surface area contributed by atoms with Gasteiger partial charge in [0.15, 0.2) is 0 Å². The van der Waals surface area contributed by atoms with Crippen molar-refractivity contribution < 1.29 is 13.2 Å². The molecule has 2 rings (SSSR count). The Labute approximate surface area is 156 Å². The monoisotopic (exact) mass is 384 g/mol. The van der Waals surface area contributed by atoms with Crippen molar-refractivity contribution in [1.29, 1.82) is 0 Å². The molecular formula is C18H25ClN2O3S. The molecule has 3 N–H and O–H groups in total. The van der Waals surface area contributed by atoms with Crippen LogP contribution < -0.4 is 15.2 Å². The first-order valence-electron chi connectivity index (χ1n) is 7.91. The van der Waals surface area contributed by atoms with Crippen LogP contribution in [0, 0.1) is 5.92 Å². The van der Waals surface area contributed by atoms with Crippen LogP contribution in [0.25, 0.3) is 0 Å². The third-order valence-electron chi connectivity index (χ3n) is 3.44. The van der Waals surface area contributed by atoms with E-state index in [-0.39, 0.29) is 23.8 Å². The quantitative estimate of drug-likeness (QED) is 0.732. The first-order valence-corrected chi connectivity index (χ1v) is 9.40. The van der Waals surface area contributed by atoms with E-state index in [2.05, 4.69) is 18.6 Å². The van der Waals surface area contributed by atoms with Crippen LogP contribution in [0.3, 0.4) is 0 Å². The van der Waals surface area contributed by atoms with Crippen molar-refractivity contribution in [3.05, 3.63) is 60.2 Å². The van der Waals surface area contributed by atoms with E-state index in [0.717, 1.165) is 5.56 Å². The molecule has 2 aromatic rings. The highest BCUT2D eigenvalue weighted by Crippen LogP contribution is 2.17. The van der Waals surface area contributed by atoms with Crippen LogP contribution in [-0.4, -0.2) is 21.6 Å². The predicted molar refractivity (Wildman–Crippen MR) is 103 cm³/mol. The average Bonchev–Trinajstić information content (AvgIpc) is 2.59. The molecule has 0 saturated heterocycles. The number of ether oxygens (including phenoxy) is 1. The molecule has 0 saturated carbocycles. The van der Waals surface area contributed by atoms with Gasteiger partial charge >= 0.3 is 0 Å². The van der Waals surface area contributed by atoms with Crippen LogP contribution in [0.5, 0.6) is 5.75 Å². The first kappa shape index (κ1) is 21.4. The Bertz CT molecular complexity index is 735. The minimum Gasteiger partial charge on any atom is -0.493 e. The molecule has 0 spiro atoms. The number of benzene rings is 2. The molecule has 5 nitrogen and oxygen atoms in total. The van der Waals surface area contributed by atoms with Crippen LogP contribution in [0.15, 0.2) is 59.5 Å². The number of rotatable bonds is 8. The van der Waals surface area contributed by atoms with E-state index >= 15 is 0 Å². The predicted octanol–water partition coefficient (Wildman–Crippen LogP) is 3.12. The van der Waals surface area contributed by atoms with Gasteiger partial charge in [-0.1, -0.05) is 44.2 Å². The summed E-state index contributed by atoms with van der Waals surface area (Å²) >= 11 is 0. The van der Waals surface area contributed by atoms with Gasteiger partial charge in [0.25, 0.3) is 0 Å². The van der Waals surface area contributed by atoms with Crippen LogP contribution in [0.1, 0.15) is 25.5 Å². The maximum absolute atomic E-state index is 12.3. The summed E-state index contributed by atoms with van der Waals surface area (Å²) < 4.78 is 32.8. The van der Waals surface area contributed by atoms with Crippen LogP contribution >= 0.6 is 12.4 Å². The van der Waals surface area contributed by atoms with Gasteiger partial charge in [-0.2, -0.15) is 0 Å². The lowest BCUT2D eigenvalue weighted by Crippen LogP contribution is -2.31. The Kier molecular flexibility index (Phi) is 8.38. The number of halogens is 1. The lowest BCUT2D eigenvalue weighted by atomic mass is 10.1. The molecule has 0 radical (unpaired) electrons. The molecule has 25 heavy (non-hydrogen) atoms. The van der Waals surface area contributed by atoms with Crippen molar-refractivity contribution in [1.82, 2.24) is 4.72 Å². The molecule has 1 unspecified atom stereocenters. The van der Waals surface area contributed by atoms with Gasteiger partial charge in [0.2, 0.25) is 10.0 Å². The molecule has 0 amide bonds. The van der Waals surface area contributed by atoms with Gasteiger partial charge in [-0.3, -0.25) is 0 Å². The Morgan fingerprint density at radius 3 is 2.20 bits per heavy atom. The fourth-order valence-corrected chi connectivity index (χ4v) is 3.14. The number of nitrogens with one attached hydrogen (secondary N) is 1. The highest BCUT2D eigenvalue weighted by atomic mass is 35.5. The summed E-state index contributed by atoms with van der Waals surface area (Å²) in [5, 5.41) is 0. The third kappa shape index (κ3) is 6.66. The van der Waals surface area contributed by atoms with E-state index in [1.807, 2.05) is 30.3 Å². The molecule has 0 heterocycles. The molecular weight excluding hydrogens is 360 g/mol. The zero-order valence-corrected chi connectivity index (χ0v) is 16.0. The highest BCUT2D eigenvalue weighted by Gasteiger charge is 2.16. The van der Waals surface area contributed by atoms with Crippen LogP contribution in [0.2, 0.25) is 0 Å². The molecule has 0 aromatic heterocycles. The lowest BCUT2D eigenvalue weighted by Gasteiger charge is -2.14.